The third-order valence-corrected chi connectivity index (χ3v) is 5.98. The van der Waals surface area contributed by atoms with Crippen molar-refractivity contribution in [3.05, 3.63) is 0 Å². The summed E-state index contributed by atoms with van der Waals surface area (Å²) in [5, 5.41) is 20.8. The van der Waals surface area contributed by atoms with Gasteiger partial charge in [0.15, 0.2) is 0 Å². The number of rotatable bonds is 3. The van der Waals surface area contributed by atoms with E-state index in [-0.39, 0.29) is 0 Å². The molecule has 1 unspecified atom stereocenters. The zero-order valence-electron chi connectivity index (χ0n) is 12.1. The van der Waals surface area contributed by atoms with Crippen LogP contribution in [0.2, 0.25) is 0 Å². The summed E-state index contributed by atoms with van der Waals surface area (Å²) >= 11 is 0. The lowest BCUT2D eigenvalue weighted by atomic mass is 9.61. The number of β-amino-alcohol motifs (C(OH)–C–C–N with tert-alkyl or cyclic N) is 1. The molecule has 0 amide bonds. The molecule has 0 aromatic heterocycles. The molecule has 3 nitrogen and oxygen atoms in total. The van der Waals surface area contributed by atoms with Gasteiger partial charge in [-0.05, 0) is 50.9 Å². The first kappa shape index (κ1) is 13.4. The predicted molar refractivity (Wildman–Crippen MR) is 74.5 cm³/mol. The van der Waals surface area contributed by atoms with E-state index in [9.17, 15) is 10.4 Å². The van der Waals surface area contributed by atoms with Gasteiger partial charge in [-0.1, -0.05) is 13.3 Å². The van der Waals surface area contributed by atoms with Gasteiger partial charge in [0.05, 0.1) is 17.1 Å². The summed E-state index contributed by atoms with van der Waals surface area (Å²) in [7, 11) is 0. The minimum Gasteiger partial charge on any atom is -0.387 e. The summed E-state index contributed by atoms with van der Waals surface area (Å²) < 4.78 is 0. The Morgan fingerprint density at radius 1 is 1.21 bits per heavy atom. The molecule has 0 spiro atoms. The highest BCUT2D eigenvalue weighted by Crippen LogP contribution is 2.51. The Kier molecular flexibility index (Phi) is 3.35. The van der Waals surface area contributed by atoms with Crippen LogP contribution in [0.5, 0.6) is 0 Å². The molecule has 3 heteroatoms. The molecule has 3 fully saturated rings. The van der Waals surface area contributed by atoms with Crippen molar-refractivity contribution in [2.45, 2.75) is 69.9 Å². The van der Waals surface area contributed by atoms with Crippen molar-refractivity contribution in [3.8, 4) is 6.07 Å². The van der Waals surface area contributed by atoms with Gasteiger partial charge in [-0.2, -0.15) is 5.26 Å². The van der Waals surface area contributed by atoms with Crippen LogP contribution in [0.3, 0.4) is 0 Å². The molecule has 1 heterocycles. The summed E-state index contributed by atoms with van der Waals surface area (Å²) in [4.78, 5) is 2.42. The van der Waals surface area contributed by atoms with Crippen LogP contribution >= 0.6 is 0 Å². The largest absolute Gasteiger partial charge is 0.387 e. The first-order chi connectivity index (χ1) is 9.12. The number of aliphatic hydroxyl groups is 1. The zero-order chi connectivity index (χ0) is 13.5. The molecule has 0 radical (unpaired) electrons. The topological polar surface area (TPSA) is 47.3 Å². The number of nitrogens with zero attached hydrogens (tertiary/aromatic N) is 2. The van der Waals surface area contributed by atoms with Crippen LogP contribution in [0.1, 0.15) is 58.3 Å². The Hall–Kier alpha value is -0.590. The van der Waals surface area contributed by atoms with Crippen LogP contribution in [0.15, 0.2) is 0 Å². The van der Waals surface area contributed by atoms with Gasteiger partial charge in [-0.25, -0.2) is 0 Å². The van der Waals surface area contributed by atoms with E-state index in [2.05, 4.69) is 17.9 Å². The maximum Gasteiger partial charge on any atom is 0.0971 e. The lowest BCUT2D eigenvalue weighted by Gasteiger charge is -2.44. The van der Waals surface area contributed by atoms with E-state index in [1.807, 2.05) is 0 Å². The van der Waals surface area contributed by atoms with Crippen molar-refractivity contribution in [2.75, 3.05) is 13.1 Å². The molecule has 3 aliphatic rings. The van der Waals surface area contributed by atoms with Crippen LogP contribution in [-0.2, 0) is 0 Å². The fourth-order valence-electron chi connectivity index (χ4n) is 4.22. The number of nitriles is 1. The summed E-state index contributed by atoms with van der Waals surface area (Å²) in [5.41, 5.74) is -1.22. The van der Waals surface area contributed by atoms with Gasteiger partial charge in [0.2, 0.25) is 0 Å². The minimum atomic E-state index is -0.747. The minimum absolute atomic E-state index is 0.470. The zero-order valence-corrected chi connectivity index (χ0v) is 12.1. The second kappa shape index (κ2) is 4.75. The third-order valence-electron chi connectivity index (χ3n) is 5.98. The van der Waals surface area contributed by atoms with E-state index in [0.29, 0.717) is 6.04 Å². The Morgan fingerprint density at radius 3 is 2.42 bits per heavy atom. The van der Waals surface area contributed by atoms with Gasteiger partial charge < -0.3 is 5.11 Å². The second-order valence-electron chi connectivity index (χ2n) is 7.03. The lowest BCUT2D eigenvalue weighted by Crippen LogP contribution is -2.51. The molecular formula is C16H26N2O. The first-order valence-electron chi connectivity index (χ1n) is 8.00. The molecule has 1 N–H and O–H groups in total. The highest BCUT2D eigenvalue weighted by Gasteiger charge is 2.56. The number of likely N-dealkylation sites (tertiary alicyclic amines) is 1. The van der Waals surface area contributed by atoms with Crippen molar-refractivity contribution in [1.82, 2.24) is 4.90 Å². The quantitative estimate of drug-likeness (QED) is 0.850. The van der Waals surface area contributed by atoms with Gasteiger partial charge in [-0.3, -0.25) is 4.90 Å². The fraction of sp³-hybridized carbons (Fsp3) is 0.938. The molecule has 19 heavy (non-hydrogen) atoms. The summed E-state index contributed by atoms with van der Waals surface area (Å²) in [6.45, 7) is 3.97. The lowest BCUT2D eigenvalue weighted by molar-refractivity contribution is -0.0695. The molecule has 0 aromatic carbocycles. The molecule has 1 atom stereocenters. The van der Waals surface area contributed by atoms with Gasteiger partial charge in [0.1, 0.15) is 0 Å². The van der Waals surface area contributed by atoms with E-state index >= 15 is 0 Å². The molecule has 3 rings (SSSR count). The highest BCUT2D eigenvalue weighted by atomic mass is 16.3. The van der Waals surface area contributed by atoms with Crippen LogP contribution in [0, 0.1) is 22.7 Å². The maximum atomic E-state index is 11.1. The average molecular weight is 262 g/mol. The third kappa shape index (κ3) is 2.19. The monoisotopic (exact) mass is 262 g/mol. The Bertz CT molecular complexity index is 377. The van der Waals surface area contributed by atoms with Crippen molar-refractivity contribution in [1.29, 1.82) is 5.26 Å². The van der Waals surface area contributed by atoms with E-state index in [4.69, 9.17) is 0 Å². The summed E-state index contributed by atoms with van der Waals surface area (Å²) in [6.07, 6.45) is 8.63. The second-order valence-corrected chi connectivity index (χ2v) is 7.03. The van der Waals surface area contributed by atoms with Gasteiger partial charge in [0, 0.05) is 19.1 Å². The molecule has 1 saturated heterocycles. The number of hydrogen-bond acceptors (Lipinski definition) is 3. The molecule has 106 valence electrons. The SMILES string of the molecule is CCC1CCC(C#N)(C2(O)CCN(C3CC3)C2)CC1. The first-order valence-corrected chi connectivity index (χ1v) is 8.00. The van der Waals surface area contributed by atoms with Gasteiger partial charge in [-0.15, -0.1) is 0 Å². The van der Waals surface area contributed by atoms with Gasteiger partial charge >= 0.3 is 0 Å². The number of hydrogen-bond donors (Lipinski definition) is 1. The van der Waals surface area contributed by atoms with E-state index in [1.165, 1.54) is 19.3 Å². The molecular weight excluding hydrogens is 236 g/mol. The molecule has 2 aliphatic carbocycles. The Balaban J connectivity index is 1.73. The van der Waals surface area contributed by atoms with Crippen LogP contribution < -0.4 is 0 Å². The Morgan fingerprint density at radius 2 is 1.89 bits per heavy atom. The maximum absolute atomic E-state index is 11.1. The molecule has 0 bridgehead atoms. The normalized spacial score (nSPS) is 44.2. The van der Waals surface area contributed by atoms with Crippen molar-refractivity contribution >= 4 is 0 Å². The standard InChI is InChI=1S/C16H26N2O/c1-2-13-5-7-15(11-17,8-6-13)16(19)9-10-18(12-16)14-3-4-14/h13-14,19H,2-10,12H2,1H3. The smallest absolute Gasteiger partial charge is 0.0971 e. The molecule has 2 saturated carbocycles. The fourth-order valence-corrected chi connectivity index (χ4v) is 4.22. The van der Waals surface area contributed by atoms with Crippen LogP contribution in [-0.4, -0.2) is 34.7 Å². The van der Waals surface area contributed by atoms with Crippen molar-refractivity contribution in [2.24, 2.45) is 11.3 Å². The summed E-state index contributed by atoms with van der Waals surface area (Å²) in [5.74, 6) is 0.769. The highest BCUT2D eigenvalue weighted by molar-refractivity contribution is 5.16. The Labute approximate surface area is 116 Å². The predicted octanol–water partition coefficient (Wildman–Crippen LogP) is 2.70. The van der Waals surface area contributed by atoms with Crippen LogP contribution in [0.25, 0.3) is 0 Å². The molecule has 0 aromatic rings. The van der Waals surface area contributed by atoms with Gasteiger partial charge in [0.25, 0.3) is 0 Å². The van der Waals surface area contributed by atoms with E-state index < -0.39 is 11.0 Å². The average Bonchev–Trinajstić information content (AvgIpc) is 3.22. The van der Waals surface area contributed by atoms with Crippen molar-refractivity contribution < 1.29 is 5.11 Å². The van der Waals surface area contributed by atoms with Crippen molar-refractivity contribution in [3.63, 3.8) is 0 Å². The van der Waals surface area contributed by atoms with E-state index in [0.717, 1.165) is 51.1 Å². The summed E-state index contributed by atoms with van der Waals surface area (Å²) in [6, 6.07) is 3.25. The van der Waals surface area contributed by atoms with Crippen LogP contribution in [0.4, 0.5) is 0 Å². The van der Waals surface area contributed by atoms with E-state index in [1.54, 1.807) is 0 Å². The molecule has 1 aliphatic heterocycles.